The van der Waals surface area contributed by atoms with Crippen molar-refractivity contribution in [1.82, 2.24) is 0 Å². The largest absolute Gasteiger partial charge is 0.0654 e. The fourth-order valence-electron chi connectivity index (χ4n) is 3.46. The Balaban J connectivity index is 1.51. The van der Waals surface area contributed by atoms with E-state index < -0.39 is 0 Å². The molecule has 3 rings (SSSR count). The Morgan fingerprint density at radius 2 is 0.897 bits per heavy atom. The molecule has 29 heavy (non-hydrogen) atoms. The van der Waals surface area contributed by atoms with Crippen molar-refractivity contribution in [2.75, 3.05) is 0 Å². The molecule has 0 N–H and O–H groups in total. The van der Waals surface area contributed by atoms with E-state index in [1.165, 1.54) is 47.9 Å². The zero-order valence-electron chi connectivity index (χ0n) is 17.9. The van der Waals surface area contributed by atoms with Gasteiger partial charge < -0.3 is 0 Å². The molecular formula is C29H32. The van der Waals surface area contributed by atoms with Crippen molar-refractivity contribution in [3.8, 4) is 11.8 Å². The first-order chi connectivity index (χ1) is 14.3. The SMILES string of the molecule is CCCCCc1ccc(CCc2ccc(C#Cc3ccc(CC)cc3)cc2)cc1. The smallest absolute Gasteiger partial charge is 0.0249 e. The van der Waals surface area contributed by atoms with Crippen LogP contribution in [-0.2, 0) is 25.7 Å². The molecule has 0 saturated carbocycles. The average Bonchev–Trinajstić information content (AvgIpc) is 2.78. The maximum atomic E-state index is 3.28. The Morgan fingerprint density at radius 3 is 1.34 bits per heavy atom. The van der Waals surface area contributed by atoms with Crippen LogP contribution in [0.1, 0.15) is 66.5 Å². The first-order valence-electron chi connectivity index (χ1n) is 11.0. The quantitative estimate of drug-likeness (QED) is 0.287. The molecule has 0 fully saturated rings. The molecule has 0 nitrogen and oxygen atoms in total. The van der Waals surface area contributed by atoms with Crippen LogP contribution in [0.25, 0.3) is 0 Å². The van der Waals surface area contributed by atoms with Gasteiger partial charge in [0.15, 0.2) is 0 Å². The number of hydrogen-bond donors (Lipinski definition) is 0. The first kappa shape index (κ1) is 20.9. The highest BCUT2D eigenvalue weighted by molar-refractivity contribution is 5.44. The van der Waals surface area contributed by atoms with Crippen molar-refractivity contribution in [2.24, 2.45) is 0 Å². The molecule has 0 amide bonds. The Hall–Kier alpha value is -2.78. The molecule has 0 saturated heterocycles. The molecule has 0 heterocycles. The number of rotatable bonds is 8. The van der Waals surface area contributed by atoms with Gasteiger partial charge in [-0.15, -0.1) is 0 Å². The predicted octanol–water partition coefficient (Wildman–Crippen LogP) is 7.17. The molecular weight excluding hydrogens is 348 g/mol. The van der Waals surface area contributed by atoms with Gasteiger partial charge in [-0.3, -0.25) is 0 Å². The molecule has 0 aliphatic rings. The van der Waals surface area contributed by atoms with Gasteiger partial charge in [0.1, 0.15) is 0 Å². The molecule has 0 heteroatoms. The van der Waals surface area contributed by atoms with Gasteiger partial charge >= 0.3 is 0 Å². The van der Waals surface area contributed by atoms with E-state index in [4.69, 9.17) is 0 Å². The van der Waals surface area contributed by atoms with Crippen LogP contribution in [0, 0.1) is 11.8 Å². The lowest BCUT2D eigenvalue weighted by molar-refractivity contribution is 0.717. The van der Waals surface area contributed by atoms with Crippen LogP contribution in [0.5, 0.6) is 0 Å². The number of benzene rings is 3. The third kappa shape index (κ3) is 6.95. The van der Waals surface area contributed by atoms with Gasteiger partial charge in [0.05, 0.1) is 0 Å². The fourth-order valence-corrected chi connectivity index (χ4v) is 3.46. The minimum absolute atomic E-state index is 1.07. The van der Waals surface area contributed by atoms with Crippen molar-refractivity contribution >= 4 is 0 Å². The summed E-state index contributed by atoms with van der Waals surface area (Å²) in [6.45, 7) is 4.43. The molecule has 0 aliphatic heterocycles. The van der Waals surface area contributed by atoms with E-state index in [0.29, 0.717) is 0 Å². The number of unbranched alkanes of at least 4 members (excludes halogenated alkanes) is 2. The van der Waals surface area contributed by atoms with Crippen LogP contribution in [0.3, 0.4) is 0 Å². The second kappa shape index (κ2) is 11.3. The van der Waals surface area contributed by atoms with E-state index in [1.54, 1.807) is 0 Å². The normalized spacial score (nSPS) is 10.4. The summed E-state index contributed by atoms with van der Waals surface area (Å²) in [7, 11) is 0. The van der Waals surface area contributed by atoms with Crippen LogP contribution in [0.15, 0.2) is 72.8 Å². The van der Waals surface area contributed by atoms with Gasteiger partial charge in [-0.2, -0.15) is 0 Å². The lowest BCUT2D eigenvalue weighted by atomic mass is 10.0. The molecule has 3 aromatic carbocycles. The minimum atomic E-state index is 1.07. The van der Waals surface area contributed by atoms with E-state index in [-0.39, 0.29) is 0 Å². The highest BCUT2D eigenvalue weighted by Gasteiger charge is 1.98. The zero-order valence-corrected chi connectivity index (χ0v) is 17.9. The zero-order chi connectivity index (χ0) is 20.3. The first-order valence-corrected chi connectivity index (χ1v) is 11.0. The highest BCUT2D eigenvalue weighted by Crippen LogP contribution is 2.12. The molecule has 0 atom stereocenters. The maximum Gasteiger partial charge on any atom is 0.0249 e. The highest BCUT2D eigenvalue weighted by atomic mass is 14.0. The summed E-state index contributed by atoms with van der Waals surface area (Å²) in [5, 5.41) is 0. The Labute approximate surface area is 177 Å². The Morgan fingerprint density at radius 1 is 0.483 bits per heavy atom. The van der Waals surface area contributed by atoms with Gasteiger partial charge in [0.25, 0.3) is 0 Å². The Bertz CT molecular complexity index is 917. The van der Waals surface area contributed by atoms with E-state index in [1.807, 2.05) is 0 Å². The molecule has 0 aliphatic carbocycles. The lowest BCUT2D eigenvalue weighted by Gasteiger charge is -2.05. The molecule has 0 unspecified atom stereocenters. The van der Waals surface area contributed by atoms with Crippen LogP contribution in [-0.4, -0.2) is 0 Å². The van der Waals surface area contributed by atoms with Crippen LogP contribution >= 0.6 is 0 Å². The third-order valence-electron chi connectivity index (χ3n) is 5.46. The van der Waals surface area contributed by atoms with Crippen LogP contribution in [0.2, 0.25) is 0 Å². The summed E-state index contributed by atoms with van der Waals surface area (Å²) in [5.74, 6) is 6.54. The van der Waals surface area contributed by atoms with Crippen molar-refractivity contribution in [3.63, 3.8) is 0 Å². The Kier molecular flexibility index (Phi) is 8.14. The van der Waals surface area contributed by atoms with Crippen molar-refractivity contribution in [1.29, 1.82) is 0 Å². The van der Waals surface area contributed by atoms with Gasteiger partial charge in [0, 0.05) is 11.1 Å². The number of aryl methyl sites for hydroxylation is 4. The summed E-state index contributed by atoms with van der Waals surface area (Å²) in [5.41, 5.74) is 7.76. The minimum Gasteiger partial charge on any atom is -0.0654 e. The molecule has 148 valence electrons. The second-order valence-electron chi connectivity index (χ2n) is 7.77. The average molecular weight is 381 g/mol. The summed E-state index contributed by atoms with van der Waals surface area (Å²) in [6.07, 6.45) is 8.35. The fraction of sp³-hybridized carbons (Fsp3) is 0.310. The van der Waals surface area contributed by atoms with Crippen molar-refractivity contribution in [2.45, 2.75) is 58.8 Å². The molecule has 0 aromatic heterocycles. The van der Waals surface area contributed by atoms with Crippen molar-refractivity contribution < 1.29 is 0 Å². The maximum absolute atomic E-state index is 3.28. The van der Waals surface area contributed by atoms with E-state index in [2.05, 4.69) is 98.5 Å². The van der Waals surface area contributed by atoms with Gasteiger partial charge in [0.2, 0.25) is 0 Å². The van der Waals surface area contributed by atoms with Crippen molar-refractivity contribution in [3.05, 3.63) is 106 Å². The summed E-state index contributed by atoms with van der Waals surface area (Å²) in [6, 6.07) is 26.4. The van der Waals surface area contributed by atoms with Gasteiger partial charge in [-0.1, -0.05) is 87.1 Å². The topological polar surface area (TPSA) is 0 Å². The summed E-state index contributed by atoms with van der Waals surface area (Å²) >= 11 is 0. The standard InChI is InChI=1S/C29H32/c1-3-5-6-7-25-12-14-27(15-13-25)18-19-29-22-20-28(21-23-29)17-16-26-10-8-24(4-2)9-11-26/h8-15,20-23H,3-7,18-19H2,1-2H3. The van der Waals surface area contributed by atoms with E-state index in [9.17, 15) is 0 Å². The van der Waals surface area contributed by atoms with Crippen LogP contribution in [0.4, 0.5) is 0 Å². The van der Waals surface area contributed by atoms with E-state index >= 15 is 0 Å². The predicted molar refractivity (Wildman–Crippen MR) is 125 cm³/mol. The van der Waals surface area contributed by atoms with E-state index in [0.717, 1.165) is 30.4 Å². The monoisotopic (exact) mass is 380 g/mol. The molecule has 3 aromatic rings. The third-order valence-corrected chi connectivity index (χ3v) is 5.46. The molecule has 0 spiro atoms. The number of hydrogen-bond acceptors (Lipinski definition) is 0. The summed E-state index contributed by atoms with van der Waals surface area (Å²) < 4.78 is 0. The molecule has 0 bridgehead atoms. The molecule has 0 radical (unpaired) electrons. The van der Waals surface area contributed by atoms with Gasteiger partial charge in [-0.25, -0.2) is 0 Å². The van der Waals surface area contributed by atoms with Crippen LogP contribution < -0.4 is 0 Å². The van der Waals surface area contributed by atoms with Gasteiger partial charge in [-0.05, 0) is 78.6 Å². The lowest BCUT2D eigenvalue weighted by Crippen LogP contribution is -1.93. The second-order valence-corrected chi connectivity index (χ2v) is 7.77. The summed E-state index contributed by atoms with van der Waals surface area (Å²) in [4.78, 5) is 0.